The third kappa shape index (κ3) is 4.19. The molecular formula is C24H18F2N6O2. The molecule has 0 saturated heterocycles. The largest absolute Gasteiger partial charge is 0.364 e. The van der Waals surface area contributed by atoms with E-state index in [4.69, 9.17) is 11.0 Å². The summed E-state index contributed by atoms with van der Waals surface area (Å²) in [6, 6.07) is 11.7. The lowest BCUT2D eigenvalue weighted by Gasteiger charge is -2.11. The number of carbonyl (C=O) groups excluding carboxylic acids is 2. The Morgan fingerprint density at radius 2 is 1.85 bits per heavy atom. The van der Waals surface area contributed by atoms with Crippen LogP contribution >= 0.6 is 0 Å². The molecule has 3 N–H and O–H groups in total. The summed E-state index contributed by atoms with van der Waals surface area (Å²) in [5, 5.41) is 15.9. The number of hydrogen-bond acceptors (Lipinski definition) is 5. The SMILES string of the molecule is Cc1nn(Cc2ccc(C#N)cc2)c(C)c1NC(=O)c1cc(C(N)=O)nc2cc(F)cc(F)c12. The van der Waals surface area contributed by atoms with Crippen molar-refractivity contribution in [3.05, 3.63) is 87.9 Å². The molecule has 0 fully saturated rings. The van der Waals surface area contributed by atoms with Crippen molar-refractivity contribution < 1.29 is 18.4 Å². The number of rotatable bonds is 5. The number of benzene rings is 2. The minimum atomic E-state index is -0.992. The predicted octanol–water partition coefficient (Wildman–Crippen LogP) is 3.60. The number of primary amides is 1. The summed E-state index contributed by atoms with van der Waals surface area (Å²) in [7, 11) is 0. The summed E-state index contributed by atoms with van der Waals surface area (Å²) in [6.45, 7) is 3.86. The zero-order chi connectivity index (χ0) is 24.6. The number of hydrogen-bond donors (Lipinski definition) is 2. The first-order valence-electron chi connectivity index (χ1n) is 10.1. The van der Waals surface area contributed by atoms with Gasteiger partial charge in [-0.15, -0.1) is 0 Å². The van der Waals surface area contributed by atoms with E-state index >= 15 is 0 Å². The maximum atomic E-state index is 14.6. The van der Waals surface area contributed by atoms with Crippen LogP contribution in [0.15, 0.2) is 42.5 Å². The number of anilines is 1. The maximum absolute atomic E-state index is 14.6. The smallest absolute Gasteiger partial charge is 0.267 e. The monoisotopic (exact) mass is 460 g/mol. The van der Waals surface area contributed by atoms with Crippen molar-refractivity contribution in [2.75, 3.05) is 5.32 Å². The molecule has 10 heteroatoms. The minimum absolute atomic E-state index is 0.205. The summed E-state index contributed by atoms with van der Waals surface area (Å²) in [6.07, 6.45) is 0. The van der Waals surface area contributed by atoms with E-state index < -0.39 is 23.4 Å². The van der Waals surface area contributed by atoms with Crippen molar-refractivity contribution in [1.29, 1.82) is 5.26 Å². The summed E-state index contributed by atoms with van der Waals surface area (Å²) in [4.78, 5) is 28.7. The first kappa shape index (κ1) is 22.5. The molecule has 0 aliphatic heterocycles. The normalized spacial score (nSPS) is 10.8. The van der Waals surface area contributed by atoms with Crippen LogP contribution in [0, 0.1) is 36.8 Å². The highest BCUT2D eigenvalue weighted by molar-refractivity contribution is 6.14. The van der Waals surface area contributed by atoms with Crippen LogP contribution in [0.4, 0.5) is 14.5 Å². The number of nitrogens with one attached hydrogen (secondary N) is 1. The topological polar surface area (TPSA) is 127 Å². The van der Waals surface area contributed by atoms with Gasteiger partial charge in [-0.3, -0.25) is 14.3 Å². The molecule has 0 saturated carbocycles. The Morgan fingerprint density at radius 3 is 2.50 bits per heavy atom. The fraction of sp³-hybridized carbons (Fsp3) is 0.125. The molecule has 0 aliphatic rings. The number of aromatic nitrogens is 3. The van der Waals surface area contributed by atoms with E-state index in [0.717, 1.165) is 17.7 Å². The van der Waals surface area contributed by atoms with Gasteiger partial charge in [-0.25, -0.2) is 13.8 Å². The molecule has 0 spiro atoms. The van der Waals surface area contributed by atoms with Crippen molar-refractivity contribution in [2.45, 2.75) is 20.4 Å². The Labute approximate surface area is 192 Å². The lowest BCUT2D eigenvalue weighted by Crippen LogP contribution is -2.18. The van der Waals surface area contributed by atoms with Crippen molar-refractivity contribution in [2.24, 2.45) is 5.73 Å². The van der Waals surface area contributed by atoms with E-state index in [2.05, 4.69) is 21.5 Å². The van der Waals surface area contributed by atoms with Crippen molar-refractivity contribution in [3.63, 3.8) is 0 Å². The van der Waals surface area contributed by atoms with Gasteiger partial charge in [0.05, 0.1) is 46.3 Å². The molecule has 4 aromatic rings. The molecule has 0 unspecified atom stereocenters. The second-order valence-corrected chi connectivity index (χ2v) is 7.67. The molecule has 170 valence electrons. The average molecular weight is 460 g/mol. The van der Waals surface area contributed by atoms with E-state index in [0.29, 0.717) is 35.2 Å². The van der Waals surface area contributed by atoms with Gasteiger partial charge in [-0.05, 0) is 37.6 Å². The molecule has 0 atom stereocenters. The molecule has 2 aromatic carbocycles. The second-order valence-electron chi connectivity index (χ2n) is 7.67. The zero-order valence-corrected chi connectivity index (χ0v) is 18.2. The van der Waals surface area contributed by atoms with Gasteiger partial charge in [0, 0.05) is 17.5 Å². The molecule has 2 heterocycles. The van der Waals surface area contributed by atoms with Crippen LogP contribution in [0.5, 0.6) is 0 Å². The Hall–Kier alpha value is -4.65. The number of pyridine rings is 1. The number of aryl methyl sites for hydroxylation is 1. The fourth-order valence-corrected chi connectivity index (χ4v) is 3.66. The third-order valence-electron chi connectivity index (χ3n) is 5.36. The Morgan fingerprint density at radius 1 is 1.15 bits per heavy atom. The average Bonchev–Trinajstić information content (AvgIpc) is 3.05. The number of nitriles is 1. The van der Waals surface area contributed by atoms with Crippen LogP contribution in [0.1, 0.15) is 43.4 Å². The first-order valence-corrected chi connectivity index (χ1v) is 10.1. The van der Waals surface area contributed by atoms with Crippen LogP contribution < -0.4 is 11.1 Å². The molecule has 4 rings (SSSR count). The standard InChI is InChI=1S/C24H18F2N6O2/c1-12-22(13(2)32(31-12)11-15-5-3-14(10-27)4-6-15)30-24(34)17-9-20(23(28)33)29-19-8-16(25)7-18(26)21(17)19/h3-9H,11H2,1-2H3,(H2,28,33)(H,30,34). The van der Waals surface area contributed by atoms with Gasteiger partial charge < -0.3 is 11.1 Å². The molecule has 34 heavy (non-hydrogen) atoms. The first-order chi connectivity index (χ1) is 16.2. The van der Waals surface area contributed by atoms with Gasteiger partial charge in [0.15, 0.2) is 0 Å². The number of amides is 2. The highest BCUT2D eigenvalue weighted by atomic mass is 19.1. The highest BCUT2D eigenvalue weighted by Gasteiger charge is 2.22. The molecule has 2 amide bonds. The highest BCUT2D eigenvalue weighted by Crippen LogP contribution is 2.26. The second kappa shape index (κ2) is 8.71. The number of fused-ring (bicyclic) bond motifs is 1. The van der Waals surface area contributed by atoms with Crippen molar-refractivity contribution >= 4 is 28.4 Å². The van der Waals surface area contributed by atoms with Gasteiger partial charge in [-0.2, -0.15) is 10.4 Å². The van der Waals surface area contributed by atoms with E-state index in [1.54, 1.807) is 30.7 Å². The third-order valence-corrected chi connectivity index (χ3v) is 5.36. The van der Waals surface area contributed by atoms with Crippen LogP contribution in [0.3, 0.4) is 0 Å². The van der Waals surface area contributed by atoms with E-state index in [1.807, 2.05) is 12.1 Å². The molecule has 8 nitrogen and oxygen atoms in total. The van der Waals surface area contributed by atoms with Gasteiger partial charge in [0.25, 0.3) is 11.8 Å². The quantitative estimate of drug-likeness (QED) is 0.471. The predicted molar refractivity (Wildman–Crippen MR) is 120 cm³/mol. The van der Waals surface area contributed by atoms with Crippen molar-refractivity contribution in [3.8, 4) is 6.07 Å². The fourth-order valence-electron chi connectivity index (χ4n) is 3.66. The molecular weight excluding hydrogens is 442 g/mol. The zero-order valence-electron chi connectivity index (χ0n) is 18.2. The summed E-state index contributed by atoms with van der Waals surface area (Å²) >= 11 is 0. The summed E-state index contributed by atoms with van der Waals surface area (Å²) in [5.41, 5.74) is 7.57. The molecule has 2 aromatic heterocycles. The Balaban J connectivity index is 1.70. The number of nitrogens with two attached hydrogens (primary N) is 1. The van der Waals surface area contributed by atoms with Crippen molar-refractivity contribution in [1.82, 2.24) is 14.8 Å². The summed E-state index contributed by atoms with van der Waals surface area (Å²) < 4.78 is 30.0. The minimum Gasteiger partial charge on any atom is -0.364 e. The molecule has 0 bridgehead atoms. The number of halogens is 2. The molecule has 0 radical (unpaired) electrons. The Bertz CT molecular complexity index is 1500. The lowest BCUT2D eigenvalue weighted by molar-refractivity contribution is 0.0996. The van der Waals surface area contributed by atoms with Gasteiger partial charge in [0.2, 0.25) is 0 Å². The summed E-state index contributed by atoms with van der Waals surface area (Å²) in [5.74, 6) is -3.57. The lowest BCUT2D eigenvalue weighted by atomic mass is 10.1. The van der Waals surface area contributed by atoms with E-state index in [-0.39, 0.29) is 22.2 Å². The van der Waals surface area contributed by atoms with Crippen LogP contribution in [0.25, 0.3) is 10.9 Å². The Kier molecular flexibility index (Phi) is 5.77. The molecule has 0 aliphatic carbocycles. The van der Waals surface area contributed by atoms with Crippen LogP contribution in [-0.2, 0) is 6.54 Å². The van der Waals surface area contributed by atoms with Crippen LogP contribution in [0.2, 0.25) is 0 Å². The van der Waals surface area contributed by atoms with Gasteiger partial charge >= 0.3 is 0 Å². The maximum Gasteiger partial charge on any atom is 0.267 e. The van der Waals surface area contributed by atoms with Gasteiger partial charge in [-0.1, -0.05) is 12.1 Å². The van der Waals surface area contributed by atoms with E-state index in [1.165, 1.54) is 0 Å². The number of carbonyl (C=O) groups is 2. The van der Waals surface area contributed by atoms with Crippen LogP contribution in [-0.4, -0.2) is 26.6 Å². The van der Waals surface area contributed by atoms with E-state index in [9.17, 15) is 18.4 Å². The van der Waals surface area contributed by atoms with Gasteiger partial charge in [0.1, 0.15) is 17.3 Å². The number of nitrogens with zero attached hydrogens (tertiary/aromatic N) is 4.